The maximum absolute atomic E-state index is 12.5. The van der Waals surface area contributed by atoms with Crippen molar-refractivity contribution in [3.05, 3.63) is 35.9 Å². The molecule has 0 saturated carbocycles. The highest BCUT2D eigenvalue weighted by molar-refractivity contribution is 6.02. The molecule has 7 nitrogen and oxygen atoms in total. The molecule has 2 N–H and O–H groups in total. The summed E-state index contributed by atoms with van der Waals surface area (Å²) in [4.78, 5) is 31.2. The second-order valence-corrected chi connectivity index (χ2v) is 7.00. The van der Waals surface area contributed by atoms with Gasteiger partial charge in [-0.1, -0.05) is 6.07 Å². The summed E-state index contributed by atoms with van der Waals surface area (Å²) in [6, 6.07) is 5.40. The zero-order valence-corrected chi connectivity index (χ0v) is 14.9. The molecule has 2 heterocycles. The largest absolute Gasteiger partial charge is 0.349 e. The van der Waals surface area contributed by atoms with Crippen molar-refractivity contribution in [2.24, 2.45) is 0 Å². The van der Waals surface area contributed by atoms with Gasteiger partial charge in [0.25, 0.3) is 11.8 Å². The highest BCUT2D eigenvalue weighted by atomic mass is 16.2. The molecule has 0 aliphatic rings. The Kier molecular flexibility index (Phi) is 5.23. The molecule has 0 bridgehead atoms. The average Bonchev–Trinajstić information content (AvgIpc) is 2.84. The first-order chi connectivity index (χ1) is 11.2. The molecule has 7 heteroatoms. The second-order valence-electron chi connectivity index (χ2n) is 7.00. The zero-order chi connectivity index (χ0) is 17.9. The topological polar surface area (TPSA) is 78.7 Å². The van der Waals surface area contributed by atoms with Crippen molar-refractivity contribution in [1.82, 2.24) is 24.9 Å². The van der Waals surface area contributed by atoms with Crippen LogP contribution in [-0.2, 0) is 0 Å². The quantitative estimate of drug-likeness (QED) is 0.862. The van der Waals surface area contributed by atoms with Crippen LogP contribution in [0.4, 0.5) is 0 Å². The maximum Gasteiger partial charge on any atom is 0.288 e. The minimum Gasteiger partial charge on any atom is -0.349 e. The number of amides is 2. The van der Waals surface area contributed by atoms with Crippen LogP contribution in [0.15, 0.2) is 24.4 Å². The van der Waals surface area contributed by atoms with Gasteiger partial charge in [0.05, 0.1) is 5.52 Å². The third-order valence-electron chi connectivity index (χ3n) is 3.30. The monoisotopic (exact) mass is 331 g/mol. The normalized spacial score (nSPS) is 11.8. The molecule has 0 radical (unpaired) electrons. The Hall–Kier alpha value is -2.41. The standard InChI is InChI=1S/C17H25N5O2/c1-17(2,3)20-16(24)14-19-13(12-8-6-7-10-22(12)14)15(23)18-9-11-21(4)5/h6-8,10H,9,11H2,1-5H3,(H,18,23)(H,20,24). The lowest BCUT2D eigenvalue weighted by Crippen LogP contribution is -2.41. The lowest BCUT2D eigenvalue weighted by molar-refractivity contribution is 0.0908. The van der Waals surface area contributed by atoms with E-state index in [1.807, 2.05) is 45.8 Å². The fourth-order valence-electron chi connectivity index (χ4n) is 2.24. The van der Waals surface area contributed by atoms with Gasteiger partial charge in [-0.2, -0.15) is 0 Å². The first kappa shape index (κ1) is 17.9. The van der Waals surface area contributed by atoms with E-state index in [0.717, 1.165) is 6.54 Å². The Morgan fingerprint density at radius 1 is 1.21 bits per heavy atom. The van der Waals surface area contributed by atoms with E-state index in [4.69, 9.17) is 0 Å². The average molecular weight is 331 g/mol. The molecule has 0 atom stereocenters. The maximum atomic E-state index is 12.5. The summed E-state index contributed by atoms with van der Waals surface area (Å²) < 4.78 is 1.64. The molecule has 2 aromatic heterocycles. The molecule has 0 spiro atoms. The van der Waals surface area contributed by atoms with Crippen LogP contribution in [0.3, 0.4) is 0 Å². The van der Waals surface area contributed by atoms with Crippen LogP contribution >= 0.6 is 0 Å². The van der Waals surface area contributed by atoms with Gasteiger partial charge in [-0.15, -0.1) is 0 Å². The number of pyridine rings is 1. The Morgan fingerprint density at radius 3 is 2.54 bits per heavy atom. The van der Waals surface area contributed by atoms with Crippen molar-refractivity contribution in [1.29, 1.82) is 0 Å². The molecule has 0 aliphatic carbocycles. The van der Waals surface area contributed by atoms with E-state index in [0.29, 0.717) is 12.1 Å². The van der Waals surface area contributed by atoms with Gasteiger partial charge in [0.2, 0.25) is 5.82 Å². The molecule has 2 rings (SSSR count). The number of nitrogens with one attached hydrogen (secondary N) is 2. The van der Waals surface area contributed by atoms with E-state index in [-0.39, 0.29) is 28.9 Å². The van der Waals surface area contributed by atoms with Gasteiger partial charge in [0, 0.05) is 24.8 Å². The Labute approximate surface area is 142 Å². The number of nitrogens with zero attached hydrogens (tertiary/aromatic N) is 3. The summed E-state index contributed by atoms with van der Waals surface area (Å²) in [6.45, 7) is 6.94. The van der Waals surface area contributed by atoms with Crippen LogP contribution in [0.5, 0.6) is 0 Å². The molecule has 0 aliphatic heterocycles. The summed E-state index contributed by atoms with van der Waals surface area (Å²) in [5.41, 5.74) is 0.485. The number of fused-ring (bicyclic) bond motifs is 1. The summed E-state index contributed by atoms with van der Waals surface area (Å²) in [5, 5.41) is 5.71. The van der Waals surface area contributed by atoms with Crippen molar-refractivity contribution in [2.45, 2.75) is 26.3 Å². The SMILES string of the molecule is CN(C)CCNC(=O)c1nc(C(=O)NC(C)(C)C)n2ccccc12. The molecule has 24 heavy (non-hydrogen) atoms. The first-order valence-corrected chi connectivity index (χ1v) is 7.91. The van der Waals surface area contributed by atoms with Crippen LogP contribution in [-0.4, -0.2) is 58.8 Å². The zero-order valence-electron chi connectivity index (χ0n) is 14.9. The van der Waals surface area contributed by atoms with E-state index in [9.17, 15) is 9.59 Å². The number of carbonyl (C=O) groups excluding carboxylic acids is 2. The van der Waals surface area contributed by atoms with Gasteiger partial charge < -0.3 is 15.5 Å². The highest BCUT2D eigenvalue weighted by Crippen LogP contribution is 2.14. The third-order valence-corrected chi connectivity index (χ3v) is 3.30. The van der Waals surface area contributed by atoms with Crippen molar-refractivity contribution in [2.75, 3.05) is 27.2 Å². The predicted molar refractivity (Wildman–Crippen MR) is 93.3 cm³/mol. The molecule has 0 unspecified atom stereocenters. The minimum absolute atomic E-state index is 0.207. The van der Waals surface area contributed by atoms with E-state index in [1.54, 1.807) is 22.7 Å². The molecular formula is C17H25N5O2. The van der Waals surface area contributed by atoms with Crippen LogP contribution < -0.4 is 10.6 Å². The van der Waals surface area contributed by atoms with E-state index >= 15 is 0 Å². The van der Waals surface area contributed by atoms with Crippen LogP contribution in [0.1, 0.15) is 41.9 Å². The number of aromatic nitrogens is 2. The second kappa shape index (κ2) is 7.00. The number of imidazole rings is 1. The molecule has 2 amide bonds. The fraction of sp³-hybridized carbons (Fsp3) is 0.471. The van der Waals surface area contributed by atoms with Crippen molar-refractivity contribution >= 4 is 17.3 Å². The number of carbonyl (C=O) groups is 2. The van der Waals surface area contributed by atoms with Gasteiger partial charge in [-0.05, 0) is 47.0 Å². The molecule has 2 aromatic rings. The lowest BCUT2D eigenvalue weighted by Gasteiger charge is -2.19. The fourth-order valence-corrected chi connectivity index (χ4v) is 2.24. The van der Waals surface area contributed by atoms with Gasteiger partial charge in [-0.3, -0.25) is 14.0 Å². The highest BCUT2D eigenvalue weighted by Gasteiger charge is 2.23. The molecule has 0 fully saturated rings. The minimum atomic E-state index is -0.383. The van der Waals surface area contributed by atoms with Crippen LogP contribution in [0.2, 0.25) is 0 Å². The first-order valence-electron chi connectivity index (χ1n) is 7.91. The van der Waals surface area contributed by atoms with Gasteiger partial charge in [-0.25, -0.2) is 4.98 Å². The smallest absolute Gasteiger partial charge is 0.288 e. The number of likely N-dealkylation sites (N-methyl/N-ethyl adjacent to an activating group) is 1. The van der Waals surface area contributed by atoms with Crippen LogP contribution in [0.25, 0.3) is 5.52 Å². The number of hydrogen-bond acceptors (Lipinski definition) is 4. The van der Waals surface area contributed by atoms with Gasteiger partial charge in [0.1, 0.15) is 0 Å². The molecule has 0 saturated heterocycles. The van der Waals surface area contributed by atoms with Crippen molar-refractivity contribution in [3.63, 3.8) is 0 Å². The summed E-state index contributed by atoms with van der Waals surface area (Å²) in [6.07, 6.45) is 1.73. The number of rotatable bonds is 5. The molecule has 0 aromatic carbocycles. The lowest BCUT2D eigenvalue weighted by atomic mass is 10.1. The van der Waals surface area contributed by atoms with E-state index < -0.39 is 0 Å². The molecule has 130 valence electrons. The van der Waals surface area contributed by atoms with Gasteiger partial charge in [0.15, 0.2) is 5.69 Å². The Balaban J connectivity index is 2.31. The van der Waals surface area contributed by atoms with Crippen molar-refractivity contribution < 1.29 is 9.59 Å². The summed E-state index contributed by atoms with van der Waals surface area (Å²) in [5.74, 6) is -0.385. The van der Waals surface area contributed by atoms with Crippen molar-refractivity contribution in [3.8, 4) is 0 Å². The predicted octanol–water partition coefficient (Wildman–Crippen LogP) is 1.15. The van der Waals surface area contributed by atoms with Crippen LogP contribution in [0, 0.1) is 0 Å². The Bertz CT molecular complexity index is 743. The van der Waals surface area contributed by atoms with E-state index in [1.165, 1.54) is 0 Å². The van der Waals surface area contributed by atoms with Gasteiger partial charge >= 0.3 is 0 Å². The third kappa shape index (κ3) is 4.32. The number of hydrogen-bond donors (Lipinski definition) is 2. The summed E-state index contributed by atoms with van der Waals surface area (Å²) >= 11 is 0. The summed E-state index contributed by atoms with van der Waals surface area (Å²) in [7, 11) is 3.88. The Morgan fingerprint density at radius 2 is 1.92 bits per heavy atom. The molecular weight excluding hydrogens is 306 g/mol. The van der Waals surface area contributed by atoms with E-state index in [2.05, 4.69) is 15.6 Å².